The summed E-state index contributed by atoms with van der Waals surface area (Å²) >= 11 is 0. The van der Waals surface area contributed by atoms with Gasteiger partial charge in [-0.3, -0.25) is 14.4 Å². The van der Waals surface area contributed by atoms with E-state index in [0.717, 1.165) is 6.42 Å². The third-order valence-corrected chi connectivity index (χ3v) is 3.18. The van der Waals surface area contributed by atoms with Crippen LogP contribution in [-0.2, 0) is 14.4 Å². The lowest BCUT2D eigenvalue weighted by molar-refractivity contribution is -0.141. The van der Waals surface area contributed by atoms with Gasteiger partial charge in [0.2, 0.25) is 17.7 Å². The molecule has 16 heavy (non-hydrogen) atoms. The third kappa shape index (κ3) is 1.87. The molecular formula is C10H15N3O3. The molecule has 0 saturated carbocycles. The van der Waals surface area contributed by atoms with Crippen LogP contribution in [0.2, 0.25) is 0 Å². The van der Waals surface area contributed by atoms with Crippen LogP contribution in [0.3, 0.4) is 0 Å². The van der Waals surface area contributed by atoms with E-state index < -0.39 is 18.0 Å². The van der Waals surface area contributed by atoms with Crippen molar-refractivity contribution >= 4 is 17.7 Å². The van der Waals surface area contributed by atoms with Crippen molar-refractivity contribution in [3.8, 4) is 0 Å². The molecule has 0 aromatic rings. The Hall–Kier alpha value is -1.59. The van der Waals surface area contributed by atoms with Crippen LogP contribution in [0.5, 0.6) is 0 Å². The molecule has 2 fully saturated rings. The zero-order valence-corrected chi connectivity index (χ0v) is 8.94. The van der Waals surface area contributed by atoms with E-state index in [-0.39, 0.29) is 18.2 Å². The Morgan fingerprint density at radius 2 is 2.12 bits per heavy atom. The summed E-state index contributed by atoms with van der Waals surface area (Å²) in [5.74, 6) is -0.884. The van der Waals surface area contributed by atoms with Crippen LogP contribution in [0.1, 0.15) is 25.7 Å². The Labute approximate surface area is 93.1 Å². The molecule has 2 saturated heterocycles. The maximum atomic E-state index is 11.8. The molecule has 2 aliphatic rings. The van der Waals surface area contributed by atoms with E-state index >= 15 is 0 Å². The molecular weight excluding hydrogens is 210 g/mol. The van der Waals surface area contributed by atoms with Gasteiger partial charge in [-0.1, -0.05) is 0 Å². The molecule has 3 amide bonds. The first-order chi connectivity index (χ1) is 7.59. The second kappa shape index (κ2) is 4.11. The number of nitrogens with one attached hydrogen (secondary N) is 1. The van der Waals surface area contributed by atoms with Crippen LogP contribution in [0.15, 0.2) is 0 Å². The number of primary amides is 1. The lowest BCUT2D eigenvalue weighted by atomic mass is 10.1. The summed E-state index contributed by atoms with van der Waals surface area (Å²) in [4.78, 5) is 36.2. The van der Waals surface area contributed by atoms with Gasteiger partial charge in [-0.2, -0.15) is 0 Å². The van der Waals surface area contributed by atoms with Gasteiger partial charge in [-0.05, 0) is 19.3 Å². The summed E-state index contributed by atoms with van der Waals surface area (Å²) in [7, 11) is 0. The summed E-state index contributed by atoms with van der Waals surface area (Å²) in [5, 5.41) is 2.60. The number of carbonyl (C=O) groups excluding carboxylic acids is 3. The molecule has 0 unspecified atom stereocenters. The number of nitrogens with zero attached hydrogens (tertiary/aromatic N) is 1. The van der Waals surface area contributed by atoms with Crippen molar-refractivity contribution in [1.82, 2.24) is 10.2 Å². The Kier molecular flexibility index (Phi) is 2.80. The standard InChI is InChI=1S/C10H15N3O3/c11-9(15)6-3-4-8(14)13-5-1-2-7(13)10(16)12-6/h6-7H,1-5H2,(H2,11,15)(H,12,16)/t6-,7-/m0/s1. The molecule has 88 valence electrons. The maximum absolute atomic E-state index is 11.8. The van der Waals surface area contributed by atoms with Crippen LogP contribution in [0.4, 0.5) is 0 Å². The molecule has 0 aromatic heterocycles. The van der Waals surface area contributed by atoms with Crippen LogP contribution in [0.25, 0.3) is 0 Å². The van der Waals surface area contributed by atoms with Crippen LogP contribution < -0.4 is 11.1 Å². The molecule has 3 N–H and O–H groups in total. The van der Waals surface area contributed by atoms with Crippen molar-refractivity contribution in [3.05, 3.63) is 0 Å². The van der Waals surface area contributed by atoms with Crippen molar-refractivity contribution < 1.29 is 14.4 Å². The third-order valence-electron chi connectivity index (χ3n) is 3.18. The number of carbonyl (C=O) groups is 3. The second-order valence-electron chi connectivity index (χ2n) is 4.25. The van der Waals surface area contributed by atoms with E-state index in [2.05, 4.69) is 5.32 Å². The number of hydrogen-bond donors (Lipinski definition) is 2. The molecule has 0 spiro atoms. The van der Waals surface area contributed by atoms with Crippen LogP contribution in [0, 0.1) is 0 Å². The predicted molar refractivity (Wildman–Crippen MR) is 55.1 cm³/mol. The molecule has 0 aliphatic carbocycles. The average Bonchev–Trinajstić information content (AvgIpc) is 2.69. The van der Waals surface area contributed by atoms with Gasteiger partial charge in [0.15, 0.2) is 0 Å². The van der Waals surface area contributed by atoms with Gasteiger partial charge in [0, 0.05) is 13.0 Å². The Morgan fingerprint density at radius 3 is 2.81 bits per heavy atom. The van der Waals surface area contributed by atoms with Gasteiger partial charge in [0.1, 0.15) is 12.1 Å². The normalized spacial score (nSPS) is 30.4. The average molecular weight is 225 g/mol. The summed E-state index contributed by atoms with van der Waals surface area (Å²) < 4.78 is 0. The van der Waals surface area contributed by atoms with Crippen LogP contribution >= 0.6 is 0 Å². The van der Waals surface area contributed by atoms with Gasteiger partial charge in [-0.15, -0.1) is 0 Å². The van der Waals surface area contributed by atoms with Gasteiger partial charge in [0.25, 0.3) is 0 Å². The Balaban J connectivity index is 2.16. The molecule has 6 heteroatoms. The van der Waals surface area contributed by atoms with Crippen molar-refractivity contribution in [2.24, 2.45) is 5.73 Å². The van der Waals surface area contributed by atoms with E-state index in [1.54, 1.807) is 4.90 Å². The second-order valence-corrected chi connectivity index (χ2v) is 4.25. The van der Waals surface area contributed by atoms with E-state index in [4.69, 9.17) is 5.73 Å². The van der Waals surface area contributed by atoms with Gasteiger partial charge < -0.3 is 16.0 Å². The highest BCUT2D eigenvalue weighted by molar-refractivity contribution is 5.93. The largest absolute Gasteiger partial charge is 0.368 e. The smallest absolute Gasteiger partial charge is 0.243 e. The monoisotopic (exact) mass is 225 g/mol. The van der Waals surface area contributed by atoms with Gasteiger partial charge in [0.05, 0.1) is 0 Å². The lowest BCUT2D eigenvalue weighted by Gasteiger charge is -2.29. The number of amides is 3. The summed E-state index contributed by atoms with van der Waals surface area (Å²) in [6.45, 7) is 0.637. The highest BCUT2D eigenvalue weighted by atomic mass is 16.2. The fourth-order valence-electron chi connectivity index (χ4n) is 2.30. The van der Waals surface area contributed by atoms with Crippen molar-refractivity contribution in [2.45, 2.75) is 37.8 Å². The van der Waals surface area contributed by atoms with E-state index in [0.29, 0.717) is 19.4 Å². The molecule has 0 bridgehead atoms. The van der Waals surface area contributed by atoms with Crippen LogP contribution in [-0.4, -0.2) is 41.2 Å². The molecule has 2 aliphatic heterocycles. The first-order valence-corrected chi connectivity index (χ1v) is 5.49. The van der Waals surface area contributed by atoms with E-state index in [9.17, 15) is 14.4 Å². The van der Waals surface area contributed by atoms with E-state index in [1.807, 2.05) is 0 Å². The molecule has 6 nitrogen and oxygen atoms in total. The van der Waals surface area contributed by atoms with Gasteiger partial charge >= 0.3 is 0 Å². The quantitative estimate of drug-likeness (QED) is 0.583. The Bertz CT molecular complexity index is 342. The Morgan fingerprint density at radius 1 is 1.38 bits per heavy atom. The molecule has 2 rings (SSSR count). The van der Waals surface area contributed by atoms with Crippen molar-refractivity contribution in [2.75, 3.05) is 6.54 Å². The lowest BCUT2D eigenvalue weighted by Crippen LogP contribution is -2.54. The number of hydrogen-bond acceptors (Lipinski definition) is 3. The van der Waals surface area contributed by atoms with Crippen molar-refractivity contribution in [3.63, 3.8) is 0 Å². The minimum atomic E-state index is -0.709. The highest BCUT2D eigenvalue weighted by Gasteiger charge is 2.37. The fraction of sp³-hybridized carbons (Fsp3) is 0.700. The fourth-order valence-corrected chi connectivity index (χ4v) is 2.30. The number of fused-ring (bicyclic) bond motifs is 1. The summed E-state index contributed by atoms with van der Waals surface area (Å²) in [5.41, 5.74) is 5.15. The number of rotatable bonds is 1. The molecule has 2 atom stereocenters. The maximum Gasteiger partial charge on any atom is 0.243 e. The summed E-state index contributed by atoms with van der Waals surface area (Å²) in [6, 6.07) is -1.12. The minimum Gasteiger partial charge on any atom is -0.368 e. The molecule has 0 radical (unpaired) electrons. The first-order valence-electron chi connectivity index (χ1n) is 5.49. The molecule has 2 heterocycles. The predicted octanol–water partition coefficient (Wildman–Crippen LogP) is -1.26. The summed E-state index contributed by atoms with van der Waals surface area (Å²) in [6.07, 6.45) is 2.07. The topological polar surface area (TPSA) is 92.5 Å². The minimum absolute atomic E-state index is 0.0522. The first kappa shape index (κ1) is 10.9. The zero-order valence-electron chi connectivity index (χ0n) is 8.94. The van der Waals surface area contributed by atoms with E-state index in [1.165, 1.54) is 0 Å². The SMILES string of the molecule is NC(=O)[C@@H]1CCC(=O)N2CCC[C@H]2C(=O)N1. The number of nitrogens with two attached hydrogens (primary N) is 1. The highest BCUT2D eigenvalue weighted by Crippen LogP contribution is 2.21. The molecule has 0 aromatic carbocycles. The zero-order chi connectivity index (χ0) is 11.7. The van der Waals surface area contributed by atoms with Gasteiger partial charge in [-0.25, -0.2) is 0 Å². The van der Waals surface area contributed by atoms with Crippen molar-refractivity contribution in [1.29, 1.82) is 0 Å².